The molecule has 9 nitrogen and oxygen atoms in total. The molecule has 0 aliphatic carbocycles. The van der Waals surface area contributed by atoms with Crippen molar-refractivity contribution in [3.63, 3.8) is 0 Å². The Balaban J connectivity index is 1.27. The number of benzene rings is 2. The number of hydrogen-bond acceptors (Lipinski definition) is 7. The standard InChI is InChI=1S/C25H25F3N6O3/c1-17-13-22(23-31-34(16-36-23)20-5-7-21(8-6-20)37-25(26,27)28)30-33(17)15-18-3-2-4-19(14-18)24(35)32-11-9-29-10-12-32/h2-8,13-14,29H,9-12,15-16H2,1H3. The van der Waals surface area contributed by atoms with Gasteiger partial charge < -0.3 is 19.7 Å². The number of carbonyl (C=O) groups is 1. The molecule has 0 radical (unpaired) electrons. The summed E-state index contributed by atoms with van der Waals surface area (Å²) in [5, 5.41) is 13.8. The van der Waals surface area contributed by atoms with Gasteiger partial charge in [-0.2, -0.15) is 5.10 Å². The van der Waals surface area contributed by atoms with Crippen LogP contribution in [0.25, 0.3) is 0 Å². The van der Waals surface area contributed by atoms with Crippen molar-refractivity contribution in [2.75, 3.05) is 37.9 Å². The number of aryl methyl sites for hydroxylation is 1. The molecule has 1 amide bonds. The Hall–Kier alpha value is -4.06. The fraction of sp³-hybridized carbons (Fsp3) is 0.320. The van der Waals surface area contributed by atoms with Gasteiger partial charge in [-0.1, -0.05) is 12.1 Å². The third kappa shape index (κ3) is 5.85. The van der Waals surface area contributed by atoms with E-state index >= 15 is 0 Å². The quantitative estimate of drug-likeness (QED) is 0.544. The first-order valence-electron chi connectivity index (χ1n) is 11.7. The van der Waals surface area contributed by atoms with E-state index in [0.717, 1.165) is 24.3 Å². The molecule has 5 rings (SSSR count). The highest BCUT2D eigenvalue weighted by Crippen LogP contribution is 2.27. The molecular formula is C25H25F3N6O3. The summed E-state index contributed by atoms with van der Waals surface area (Å²) in [7, 11) is 0. The Morgan fingerprint density at radius 3 is 2.59 bits per heavy atom. The highest BCUT2D eigenvalue weighted by atomic mass is 19.4. The van der Waals surface area contributed by atoms with Crippen LogP contribution < -0.4 is 15.1 Å². The second kappa shape index (κ2) is 10.1. The van der Waals surface area contributed by atoms with Gasteiger partial charge in [-0.05, 0) is 55.0 Å². The Morgan fingerprint density at radius 2 is 1.86 bits per heavy atom. The van der Waals surface area contributed by atoms with Crippen molar-refractivity contribution in [2.24, 2.45) is 5.10 Å². The molecule has 2 aromatic carbocycles. The summed E-state index contributed by atoms with van der Waals surface area (Å²) in [4.78, 5) is 14.7. The van der Waals surface area contributed by atoms with Gasteiger partial charge in [0.15, 0.2) is 6.73 Å². The molecule has 1 aromatic heterocycles. The van der Waals surface area contributed by atoms with E-state index in [1.54, 1.807) is 0 Å². The number of carbonyl (C=O) groups excluding carboxylic acids is 1. The second-order valence-electron chi connectivity index (χ2n) is 8.69. The zero-order valence-electron chi connectivity index (χ0n) is 20.0. The van der Waals surface area contributed by atoms with Crippen LogP contribution in [-0.4, -0.2) is 65.8 Å². The van der Waals surface area contributed by atoms with Crippen molar-refractivity contribution in [3.05, 3.63) is 77.1 Å². The number of alkyl halides is 3. The summed E-state index contributed by atoms with van der Waals surface area (Å²) in [6, 6.07) is 14.8. The molecule has 1 N–H and O–H groups in total. The number of hydrazone groups is 1. The van der Waals surface area contributed by atoms with Gasteiger partial charge in [-0.15, -0.1) is 18.3 Å². The number of nitrogens with one attached hydrogen (secondary N) is 1. The normalized spacial score (nSPS) is 15.9. The zero-order chi connectivity index (χ0) is 26.0. The van der Waals surface area contributed by atoms with Gasteiger partial charge in [0.05, 0.1) is 12.2 Å². The van der Waals surface area contributed by atoms with E-state index in [2.05, 4.69) is 20.3 Å². The molecule has 37 heavy (non-hydrogen) atoms. The average molecular weight is 515 g/mol. The molecule has 0 spiro atoms. The predicted octanol–water partition coefficient (Wildman–Crippen LogP) is 3.34. The third-order valence-electron chi connectivity index (χ3n) is 6.01. The lowest BCUT2D eigenvalue weighted by molar-refractivity contribution is -0.274. The summed E-state index contributed by atoms with van der Waals surface area (Å²) in [6.07, 6.45) is -4.75. The van der Waals surface area contributed by atoms with E-state index < -0.39 is 6.36 Å². The number of nitrogens with zero attached hydrogens (tertiary/aromatic N) is 5. The molecule has 0 unspecified atom stereocenters. The molecule has 1 fully saturated rings. The number of halogens is 3. The van der Waals surface area contributed by atoms with Crippen LogP contribution in [0.4, 0.5) is 18.9 Å². The summed E-state index contributed by atoms with van der Waals surface area (Å²) < 4.78 is 48.5. The lowest BCUT2D eigenvalue weighted by Gasteiger charge is -2.27. The van der Waals surface area contributed by atoms with Crippen molar-refractivity contribution in [3.8, 4) is 5.75 Å². The topological polar surface area (TPSA) is 84.2 Å². The summed E-state index contributed by atoms with van der Waals surface area (Å²) >= 11 is 0. The molecule has 2 aliphatic heterocycles. The first kappa shape index (κ1) is 24.6. The monoisotopic (exact) mass is 514 g/mol. The highest BCUT2D eigenvalue weighted by Gasteiger charge is 2.31. The van der Waals surface area contributed by atoms with E-state index in [0.29, 0.717) is 42.5 Å². The van der Waals surface area contributed by atoms with Crippen molar-refractivity contribution >= 4 is 17.5 Å². The van der Waals surface area contributed by atoms with Crippen LogP contribution in [-0.2, 0) is 11.3 Å². The van der Waals surface area contributed by atoms with E-state index in [9.17, 15) is 18.0 Å². The van der Waals surface area contributed by atoms with Gasteiger partial charge in [0.1, 0.15) is 11.4 Å². The zero-order valence-corrected chi connectivity index (χ0v) is 20.0. The van der Waals surface area contributed by atoms with Crippen LogP contribution in [0.5, 0.6) is 5.75 Å². The molecular weight excluding hydrogens is 489 g/mol. The van der Waals surface area contributed by atoms with Crippen LogP contribution in [0.15, 0.2) is 59.7 Å². The van der Waals surface area contributed by atoms with Crippen LogP contribution in [0.1, 0.15) is 27.3 Å². The molecule has 0 saturated carbocycles. The minimum absolute atomic E-state index is 0.0213. The molecule has 0 atom stereocenters. The van der Waals surface area contributed by atoms with Gasteiger partial charge in [0.2, 0.25) is 0 Å². The van der Waals surface area contributed by atoms with E-state index in [1.807, 2.05) is 46.8 Å². The summed E-state index contributed by atoms with van der Waals surface area (Å²) in [6.45, 7) is 5.44. The number of amides is 1. The highest BCUT2D eigenvalue weighted by molar-refractivity contribution is 5.95. The molecule has 2 aliphatic rings. The number of aromatic nitrogens is 2. The van der Waals surface area contributed by atoms with Crippen molar-refractivity contribution in [1.82, 2.24) is 20.0 Å². The third-order valence-corrected chi connectivity index (χ3v) is 6.01. The average Bonchev–Trinajstić information content (AvgIpc) is 3.51. The maximum atomic E-state index is 12.9. The van der Waals surface area contributed by atoms with Gasteiger partial charge >= 0.3 is 6.36 Å². The first-order valence-corrected chi connectivity index (χ1v) is 11.7. The minimum atomic E-state index is -4.75. The van der Waals surface area contributed by atoms with Crippen LogP contribution in [0.3, 0.4) is 0 Å². The SMILES string of the molecule is Cc1cc(C2=NN(c3ccc(OC(F)(F)F)cc3)CO2)nn1Cc1cccc(C(=O)N2CCNCC2)c1. The van der Waals surface area contributed by atoms with Gasteiger partial charge in [0.25, 0.3) is 11.8 Å². The van der Waals surface area contributed by atoms with E-state index in [1.165, 1.54) is 29.3 Å². The largest absolute Gasteiger partial charge is 0.573 e. The lowest BCUT2D eigenvalue weighted by atomic mass is 10.1. The smallest absolute Gasteiger partial charge is 0.452 e. The van der Waals surface area contributed by atoms with Crippen LogP contribution in [0, 0.1) is 6.92 Å². The number of piperazine rings is 1. The molecule has 194 valence electrons. The van der Waals surface area contributed by atoms with Crippen molar-refractivity contribution < 1.29 is 27.4 Å². The Labute approximate surface area is 211 Å². The second-order valence-corrected chi connectivity index (χ2v) is 8.69. The number of rotatable bonds is 6. The summed E-state index contributed by atoms with van der Waals surface area (Å²) in [5.41, 5.74) is 3.55. The van der Waals surface area contributed by atoms with Gasteiger partial charge in [0, 0.05) is 37.4 Å². The fourth-order valence-corrected chi connectivity index (χ4v) is 4.17. The number of anilines is 1. The Kier molecular flexibility index (Phi) is 6.74. The molecule has 0 bridgehead atoms. The van der Waals surface area contributed by atoms with Crippen molar-refractivity contribution in [1.29, 1.82) is 0 Å². The molecule has 3 aromatic rings. The predicted molar refractivity (Wildman–Crippen MR) is 129 cm³/mol. The fourth-order valence-electron chi connectivity index (χ4n) is 4.17. The maximum Gasteiger partial charge on any atom is 0.573 e. The Morgan fingerprint density at radius 1 is 1.11 bits per heavy atom. The Bertz CT molecular complexity index is 1300. The van der Waals surface area contributed by atoms with Crippen LogP contribution in [0.2, 0.25) is 0 Å². The maximum absolute atomic E-state index is 12.9. The summed E-state index contributed by atoms with van der Waals surface area (Å²) in [5.74, 6) is 0.0155. The van der Waals surface area contributed by atoms with E-state index in [4.69, 9.17) is 4.74 Å². The van der Waals surface area contributed by atoms with E-state index in [-0.39, 0.29) is 18.4 Å². The number of ether oxygens (including phenoxy) is 2. The van der Waals surface area contributed by atoms with Crippen molar-refractivity contribution in [2.45, 2.75) is 19.8 Å². The van der Waals surface area contributed by atoms with Gasteiger partial charge in [-0.3, -0.25) is 9.48 Å². The van der Waals surface area contributed by atoms with Gasteiger partial charge in [-0.25, -0.2) is 5.01 Å². The lowest BCUT2D eigenvalue weighted by Crippen LogP contribution is -2.46. The molecule has 3 heterocycles. The molecule has 1 saturated heterocycles. The van der Waals surface area contributed by atoms with Crippen LogP contribution >= 0.6 is 0 Å². The first-order chi connectivity index (χ1) is 17.7. The number of hydrogen-bond donors (Lipinski definition) is 1. The molecule has 12 heteroatoms. The minimum Gasteiger partial charge on any atom is -0.452 e.